The second-order valence-corrected chi connectivity index (χ2v) is 5.76. The first-order chi connectivity index (χ1) is 11.2. The summed E-state index contributed by atoms with van der Waals surface area (Å²) < 4.78 is 0. The molecule has 0 unspecified atom stereocenters. The van der Waals surface area contributed by atoms with E-state index in [9.17, 15) is 9.59 Å². The second-order valence-electron chi connectivity index (χ2n) is 4.98. The lowest BCUT2D eigenvalue weighted by molar-refractivity contribution is -0.116. The van der Waals surface area contributed by atoms with Crippen molar-refractivity contribution in [1.82, 2.24) is 5.43 Å². The van der Waals surface area contributed by atoms with Crippen LogP contribution < -0.4 is 10.7 Å². The van der Waals surface area contributed by atoms with E-state index in [1.54, 1.807) is 41.8 Å². The lowest BCUT2D eigenvalue weighted by Crippen LogP contribution is -2.17. The molecule has 0 fully saturated rings. The highest BCUT2D eigenvalue weighted by Crippen LogP contribution is 2.10. The van der Waals surface area contributed by atoms with Crippen molar-refractivity contribution >= 4 is 35.1 Å². The van der Waals surface area contributed by atoms with Crippen LogP contribution >= 0.6 is 11.3 Å². The average molecular weight is 329 g/mol. The molecule has 1 aromatic carbocycles. The molecule has 2 amide bonds. The summed E-state index contributed by atoms with van der Waals surface area (Å²) in [6.45, 7) is 2.04. The van der Waals surface area contributed by atoms with Crippen molar-refractivity contribution in [2.75, 3.05) is 5.32 Å². The number of rotatable bonds is 7. The summed E-state index contributed by atoms with van der Waals surface area (Å²) in [5.74, 6) is -0.301. The number of benzene rings is 1. The number of hydrogen-bond donors (Lipinski definition) is 2. The van der Waals surface area contributed by atoms with E-state index in [2.05, 4.69) is 15.8 Å². The van der Waals surface area contributed by atoms with E-state index in [0.717, 1.165) is 18.4 Å². The van der Waals surface area contributed by atoms with Gasteiger partial charge < -0.3 is 5.32 Å². The number of thiophene rings is 1. The van der Waals surface area contributed by atoms with E-state index in [4.69, 9.17) is 0 Å². The van der Waals surface area contributed by atoms with E-state index < -0.39 is 0 Å². The van der Waals surface area contributed by atoms with Crippen molar-refractivity contribution < 1.29 is 9.59 Å². The van der Waals surface area contributed by atoms with E-state index in [1.807, 2.05) is 23.8 Å². The predicted octanol–water partition coefficient (Wildman–Crippen LogP) is 3.64. The Morgan fingerprint density at radius 3 is 2.65 bits per heavy atom. The molecule has 2 aromatic rings. The number of anilines is 1. The number of unbranched alkanes of at least 4 members (excludes halogenated alkanes) is 1. The summed E-state index contributed by atoms with van der Waals surface area (Å²) >= 11 is 1.57. The third-order valence-corrected chi connectivity index (χ3v) is 3.81. The normalized spacial score (nSPS) is 10.7. The molecular weight excluding hydrogens is 310 g/mol. The van der Waals surface area contributed by atoms with Crippen LogP contribution in [0.15, 0.2) is 46.2 Å². The predicted molar refractivity (Wildman–Crippen MR) is 94.0 cm³/mol. The van der Waals surface area contributed by atoms with Crippen LogP contribution in [-0.4, -0.2) is 18.0 Å². The fourth-order valence-electron chi connectivity index (χ4n) is 1.84. The van der Waals surface area contributed by atoms with E-state index in [1.165, 1.54) is 0 Å². The maximum absolute atomic E-state index is 11.9. The van der Waals surface area contributed by atoms with Crippen molar-refractivity contribution in [1.29, 1.82) is 0 Å². The molecular formula is C17H19N3O2S. The van der Waals surface area contributed by atoms with Gasteiger partial charge in [0.1, 0.15) is 0 Å². The first-order valence-electron chi connectivity index (χ1n) is 7.44. The Labute approximate surface area is 139 Å². The van der Waals surface area contributed by atoms with Crippen LogP contribution in [0.25, 0.3) is 0 Å². The van der Waals surface area contributed by atoms with Crippen LogP contribution in [0, 0.1) is 0 Å². The molecule has 0 bridgehead atoms. The second kappa shape index (κ2) is 8.85. The highest BCUT2D eigenvalue weighted by Gasteiger charge is 2.05. The summed E-state index contributed by atoms with van der Waals surface area (Å²) in [5, 5.41) is 10.6. The molecule has 2 rings (SSSR count). The largest absolute Gasteiger partial charge is 0.326 e. The monoisotopic (exact) mass is 329 g/mol. The molecule has 0 aliphatic heterocycles. The van der Waals surface area contributed by atoms with Crippen molar-refractivity contribution in [3.63, 3.8) is 0 Å². The van der Waals surface area contributed by atoms with Gasteiger partial charge in [-0.05, 0) is 47.5 Å². The summed E-state index contributed by atoms with van der Waals surface area (Å²) in [7, 11) is 0. The van der Waals surface area contributed by atoms with Crippen LogP contribution in [-0.2, 0) is 4.79 Å². The average Bonchev–Trinajstić information content (AvgIpc) is 3.07. The smallest absolute Gasteiger partial charge is 0.271 e. The van der Waals surface area contributed by atoms with Crippen molar-refractivity contribution in [3.05, 3.63) is 52.2 Å². The first kappa shape index (κ1) is 16.9. The molecule has 120 valence electrons. The number of nitrogens with one attached hydrogen (secondary N) is 2. The van der Waals surface area contributed by atoms with Crippen molar-refractivity contribution in [2.24, 2.45) is 5.10 Å². The van der Waals surface area contributed by atoms with Gasteiger partial charge in [0, 0.05) is 23.2 Å². The minimum absolute atomic E-state index is 0.00980. The Morgan fingerprint density at radius 1 is 1.22 bits per heavy atom. The Bertz CT molecular complexity index is 664. The van der Waals surface area contributed by atoms with E-state index in [-0.39, 0.29) is 11.8 Å². The number of hydrazone groups is 1. The van der Waals surface area contributed by atoms with E-state index in [0.29, 0.717) is 17.7 Å². The summed E-state index contributed by atoms with van der Waals surface area (Å²) in [4.78, 5) is 23.6. The highest BCUT2D eigenvalue weighted by molar-refractivity contribution is 7.08. The fraction of sp³-hybridized carbons (Fsp3) is 0.235. The molecule has 2 N–H and O–H groups in total. The van der Waals surface area contributed by atoms with Crippen LogP contribution in [0.3, 0.4) is 0 Å². The van der Waals surface area contributed by atoms with Crippen LogP contribution in [0.4, 0.5) is 5.69 Å². The summed E-state index contributed by atoms with van der Waals surface area (Å²) in [6.07, 6.45) is 3.96. The molecule has 5 nitrogen and oxygen atoms in total. The molecule has 0 aliphatic carbocycles. The Hall–Kier alpha value is -2.47. The van der Waals surface area contributed by atoms with E-state index >= 15 is 0 Å². The van der Waals surface area contributed by atoms with Crippen LogP contribution in [0.1, 0.15) is 42.1 Å². The molecule has 0 spiro atoms. The molecule has 23 heavy (non-hydrogen) atoms. The molecule has 0 saturated carbocycles. The molecule has 0 atom stereocenters. The van der Waals surface area contributed by atoms with Crippen LogP contribution in [0.2, 0.25) is 0 Å². The van der Waals surface area contributed by atoms with Gasteiger partial charge in [-0.25, -0.2) is 5.43 Å². The maximum Gasteiger partial charge on any atom is 0.271 e. The zero-order valence-corrected chi connectivity index (χ0v) is 13.7. The SMILES string of the molecule is CCCCC(=O)Nc1ccc(C(=O)N/N=C/c2ccsc2)cc1. The lowest BCUT2D eigenvalue weighted by atomic mass is 10.2. The lowest BCUT2D eigenvalue weighted by Gasteiger charge is -2.05. The quantitative estimate of drug-likeness (QED) is 0.601. The Balaban J connectivity index is 1.86. The van der Waals surface area contributed by atoms with Gasteiger partial charge in [0.15, 0.2) is 0 Å². The topological polar surface area (TPSA) is 70.6 Å². The number of carbonyl (C=O) groups excluding carboxylic acids is 2. The summed E-state index contributed by atoms with van der Waals surface area (Å²) in [5.41, 5.74) is 4.59. The van der Waals surface area contributed by atoms with Gasteiger partial charge in [-0.2, -0.15) is 16.4 Å². The van der Waals surface area contributed by atoms with Gasteiger partial charge in [0.2, 0.25) is 5.91 Å². The number of nitrogens with zero attached hydrogens (tertiary/aromatic N) is 1. The van der Waals surface area contributed by atoms with Gasteiger partial charge in [-0.3, -0.25) is 9.59 Å². The minimum Gasteiger partial charge on any atom is -0.326 e. The zero-order valence-electron chi connectivity index (χ0n) is 12.9. The van der Waals surface area contributed by atoms with Crippen molar-refractivity contribution in [3.8, 4) is 0 Å². The molecule has 0 radical (unpaired) electrons. The van der Waals surface area contributed by atoms with Crippen LogP contribution in [0.5, 0.6) is 0 Å². The van der Waals surface area contributed by atoms with Gasteiger partial charge >= 0.3 is 0 Å². The number of amides is 2. The third kappa shape index (κ3) is 5.67. The number of carbonyl (C=O) groups is 2. The summed E-state index contributed by atoms with van der Waals surface area (Å²) in [6, 6.07) is 8.65. The minimum atomic E-state index is -0.291. The molecule has 1 aromatic heterocycles. The molecule has 1 heterocycles. The van der Waals surface area contributed by atoms with Crippen molar-refractivity contribution in [2.45, 2.75) is 26.2 Å². The Morgan fingerprint density at radius 2 is 2.00 bits per heavy atom. The van der Waals surface area contributed by atoms with Gasteiger partial charge in [0.25, 0.3) is 5.91 Å². The van der Waals surface area contributed by atoms with Gasteiger partial charge in [-0.15, -0.1) is 0 Å². The maximum atomic E-state index is 11.9. The molecule has 0 aliphatic rings. The fourth-order valence-corrected chi connectivity index (χ4v) is 2.46. The molecule has 0 saturated heterocycles. The first-order valence-corrected chi connectivity index (χ1v) is 8.39. The molecule has 6 heteroatoms. The highest BCUT2D eigenvalue weighted by atomic mass is 32.1. The Kier molecular flexibility index (Phi) is 6.50. The van der Waals surface area contributed by atoms with Gasteiger partial charge in [0.05, 0.1) is 6.21 Å². The third-order valence-electron chi connectivity index (χ3n) is 3.11. The number of hydrogen-bond acceptors (Lipinski definition) is 4. The standard InChI is InChI=1S/C17H19N3O2S/c1-2-3-4-16(21)19-15-7-5-14(6-8-15)17(22)20-18-11-13-9-10-23-12-13/h5-12H,2-4H2,1H3,(H,19,21)(H,20,22)/b18-11+. The van der Waals surface area contributed by atoms with Gasteiger partial charge in [-0.1, -0.05) is 13.3 Å². The zero-order chi connectivity index (χ0) is 16.5.